The second-order valence-electron chi connectivity index (χ2n) is 9.77. The zero-order valence-electron chi connectivity index (χ0n) is 22.6. The summed E-state index contributed by atoms with van der Waals surface area (Å²) < 4.78 is 83.2. The number of ether oxygens (including phenoxy) is 1. The van der Waals surface area contributed by atoms with Crippen LogP contribution in [0.5, 0.6) is 0 Å². The number of thioether (sulfide) groups is 1. The van der Waals surface area contributed by atoms with Gasteiger partial charge in [-0.2, -0.15) is 26.3 Å². The second-order valence-corrected chi connectivity index (χ2v) is 10.9. The maximum absolute atomic E-state index is 13.1. The lowest BCUT2D eigenvalue weighted by atomic mass is 10.1. The van der Waals surface area contributed by atoms with Crippen molar-refractivity contribution in [2.75, 3.05) is 49.5 Å². The highest BCUT2D eigenvalue weighted by molar-refractivity contribution is 8.00. The number of piperazine rings is 1. The van der Waals surface area contributed by atoms with Crippen LogP contribution in [0.25, 0.3) is 10.9 Å². The zero-order valence-corrected chi connectivity index (χ0v) is 23.4. The van der Waals surface area contributed by atoms with E-state index in [0.29, 0.717) is 49.5 Å². The smallest absolute Gasteiger partial charge is 0.446 e. The number of anilines is 3. The first-order valence-corrected chi connectivity index (χ1v) is 14.1. The molecular weight excluding hydrogens is 594 g/mol. The first-order chi connectivity index (χ1) is 20.5. The Morgan fingerprint density at radius 1 is 0.884 bits per heavy atom. The molecular formula is C30H26F6N4O2S. The molecule has 0 atom stereocenters. The van der Waals surface area contributed by atoms with Crippen molar-refractivity contribution >= 4 is 45.7 Å². The van der Waals surface area contributed by atoms with Gasteiger partial charge in [0, 0.05) is 60.6 Å². The normalized spacial score (nSPS) is 14.6. The Morgan fingerprint density at radius 2 is 1.65 bits per heavy atom. The van der Waals surface area contributed by atoms with Crippen LogP contribution in [0.2, 0.25) is 0 Å². The number of nitrogens with zero attached hydrogens (tertiary/aromatic N) is 3. The molecule has 13 heteroatoms. The molecule has 0 spiro atoms. The van der Waals surface area contributed by atoms with Gasteiger partial charge in [0.2, 0.25) is 0 Å². The van der Waals surface area contributed by atoms with E-state index in [1.54, 1.807) is 42.5 Å². The molecule has 0 amide bonds. The number of rotatable bonds is 8. The van der Waals surface area contributed by atoms with Crippen molar-refractivity contribution in [2.24, 2.45) is 0 Å². The summed E-state index contributed by atoms with van der Waals surface area (Å²) >= 11 is -0.136. The van der Waals surface area contributed by atoms with Crippen LogP contribution in [-0.4, -0.2) is 60.7 Å². The van der Waals surface area contributed by atoms with Crippen molar-refractivity contribution < 1.29 is 35.9 Å². The topological polar surface area (TPSA) is 57.7 Å². The highest BCUT2D eigenvalue weighted by Gasteiger charge is 2.31. The lowest BCUT2D eigenvalue weighted by Gasteiger charge is -2.36. The average molecular weight is 621 g/mol. The van der Waals surface area contributed by atoms with E-state index >= 15 is 0 Å². The lowest BCUT2D eigenvalue weighted by Crippen LogP contribution is -2.47. The van der Waals surface area contributed by atoms with Crippen LogP contribution >= 0.6 is 11.8 Å². The first kappa shape index (κ1) is 30.5. The van der Waals surface area contributed by atoms with Gasteiger partial charge in [0.1, 0.15) is 6.61 Å². The second kappa shape index (κ2) is 12.7. The number of carbonyl (C=O) groups is 1. The molecule has 1 aliphatic rings. The van der Waals surface area contributed by atoms with Gasteiger partial charge in [0.05, 0.1) is 22.3 Å². The Bertz CT molecular complexity index is 1590. The quantitative estimate of drug-likeness (QED) is 0.124. The largest absolute Gasteiger partial charge is 0.461 e. The molecule has 1 N–H and O–H groups in total. The molecule has 6 nitrogen and oxygen atoms in total. The predicted octanol–water partition coefficient (Wildman–Crippen LogP) is 7.59. The van der Waals surface area contributed by atoms with E-state index in [1.807, 2.05) is 4.90 Å². The van der Waals surface area contributed by atoms with E-state index in [4.69, 9.17) is 4.74 Å². The van der Waals surface area contributed by atoms with Crippen molar-refractivity contribution in [3.05, 3.63) is 90.1 Å². The van der Waals surface area contributed by atoms with Crippen LogP contribution in [0.15, 0.2) is 83.9 Å². The Balaban J connectivity index is 1.16. The number of benzene rings is 3. The SMILES string of the molecule is O=C(OCCN1CCN(c2cccc(SC(F)(F)F)c2)CC1)c1ccccc1Nc1ccnc2cc(C(F)(F)F)ccc12. The summed E-state index contributed by atoms with van der Waals surface area (Å²) in [7, 11) is 0. The van der Waals surface area contributed by atoms with Crippen molar-refractivity contribution in [2.45, 2.75) is 16.6 Å². The molecule has 1 aromatic heterocycles. The molecule has 5 rings (SSSR count). The Morgan fingerprint density at radius 3 is 2.40 bits per heavy atom. The molecule has 0 unspecified atom stereocenters. The fraction of sp³-hybridized carbons (Fsp3) is 0.267. The standard InChI is InChI=1S/C30H26F6N4O2S/c31-29(32,33)20-8-9-23-26(10-11-37-27(23)18-20)38-25-7-2-1-6-24(25)28(41)42-17-16-39-12-14-40(15-13-39)21-4-3-5-22(19-21)43-30(34,35)36/h1-11,18-19H,12-17H2,(H,37,38). The molecule has 2 heterocycles. The monoisotopic (exact) mass is 620 g/mol. The maximum Gasteiger partial charge on any atom is 0.446 e. The van der Waals surface area contributed by atoms with Gasteiger partial charge >= 0.3 is 17.7 Å². The number of fused-ring (bicyclic) bond motifs is 1. The van der Waals surface area contributed by atoms with Crippen molar-refractivity contribution in [1.29, 1.82) is 0 Å². The highest BCUT2D eigenvalue weighted by atomic mass is 32.2. The molecule has 1 aliphatic heterocycles. The molecule has 0 aliphatic carbocycles. The van der Waals surface area contributed by atoms with Gasteiger partial charge in [-0.1, -0.05) is 24.3 Å². The molecule has 3 aromatic carbocycles. The Labute approximate surface area is 247 Å². The van der Waals surface area contributed by atoms with Gasteiger partial charge in [-0.15, -0.1) is 0 Å². The van der Waals surface area contributed by atoms with Crippen LogP contribution < -0.4 is 10.2 Å². The number of aromatic nitrogens is 1. The van der Waals surface area contributed by atoms with Crippen LogP contribution in [0.3, 0.4) is 0 Å². The minimum Gasteiger partial charge on any atom is -0.461 e. The number of halogens is 6. The average Bonchev–Trinajstić information content (AvgIpc) is 2.96. The number of hydrogen-bond acceptors (Lipinski definition) is 7. The number of esters is 1. The fourth-order valence-electron chi connectivity index (χ4n) is 4.80. The van der Waals surface area contributed by atoms with E-state index in [1.165, 1.54) is 24.4 Å². The van der Waals surface area contributed by atoms with Gasteiger partial charge in [-0.05, 0) is 60.3 Å². The zero-order chi connectivity index (χ0) is 30.6. The van der Waals surface area contributed by atoms with E-state index in [0.717, 1.165) is 17.8 Å². The Hall–Kier alpha value is -3.97. The Kier molecular flexibility index (Phi) is 9.02. The van der Waals surface area contributed by atoms with Crippen LogP contribution in [0.4, 0.5) is 43.4 Å². The van der Waals surface area contributed by atoms with Gasteiger partial charge in [-0.3, -0.25) is 9.88 Å². The number of para-hydroxylation sites is 1. The van der Waals surface area contributed by atoms with Crippen LogP contribution in [0, 0.1) is 0 Å². The fourth-order valence-corrected chi connectivity index (χ4v) is 5.39. The molecule has 226 valence electrons. The summed E-state index contributed by atoms with van der Waals surface area (Å²) in [5.41, 5.74) is -3.08. The third kappa shape index (κ3) is 7.90. The van der Waals surface area contributed by atoms with Crippen LogP contribution in [-0.2, 0) is 10.9 Å². The summed E-state index contributed by atoms with van der Waals surface area (Å²) in [6.45, 7) is 3.14. The summed E-state index contributed by atoms with van der Waals surface area (Å²) in [4.78, 5) is 21.3. The van der Waals surface area contributed by atoms with Crippen molar-refractivity contribution in [3.8, 4) is 0 Å². The predicted molar refractivity (Wildman–Crippen MR) is 154 cm³/mol. The minimum absolute atomic E-state index is 0.128. The van der Waals surface area contributed by atoms with Crippen molar-refractivity contribution in [1.82, 2.24) is 9.88 Å². The molecule has 0 bridgehead atoms. The van der Waals surface area contributed by atoms with Gasteiger partial charge in [-0.25, -0.2) is 4.79 Å². The maximum atomic E-state index is 13.1. The van der Waals surface area contributed by atoms with Gasteiger partial charge < -0.3 is 15.0 Å². The summed E-state index contributed by atoms with van der Waals surface area (Å²) in [5.74, 6) is -0.557. The number of pyridine rings is 1. The summed E-state index contributed by atoms with van der Waals surface area (Å²) in [5, 5.41) is 3.59. The minimum atomic E-state index is -4.49. The summed E-state index contributed by atoms with van der Waals surface area (Å²) in [6.07, 6.45) is -3.10. The highest BCUT2D eigenvalue weighted by Crippen LogP contribution is 2.38. The third-order valence-electron chi connectivity index (χ3n) is 6.92. The van der Waals surface area contributed by atoms with Crippen LogP contribution in [0.1, 0.15) is 15.9 Å². The third-order valence-corrected chi connectivity index (χ3v) is 7.64. The molecule has 1 fully saturated rings. The van der Waals surface area contributed by atoms with E-state index < -0.39 is 23.2 Å². The molecule has 4 aromatic rings. The summed E-state index contributed by atoms with van der Waals surface area (Å²) in [6, 6.07) is 18.0. The number of alkyl halides is 6. The van der Waals surface area contributed by atoms with Gasteiger partial charge in [0.15, 0.2) is 0 Å². The number of nitrogens with one attached hydrogen (secondary N) is 1. The first-order valence-electron chi connectivity index (χ1n) is 13.3. The van der Waals surface area contributed by atoms with Crippen molar-refractivity contribution in [3.63, 3.8) is 0 Å². The molecule has 43 heavy (non-hydrogen) atoms. The lowest BCUT2D eigenvalue weighted by molar-refractivity contribution is -0.137. The van der Waals surface area contributed by atoms with E-state index in [2.05, 4.69) is 15.2 Å². The molecule has 1 saturated heterocycles. The number of hydrogen-bond donors (Lipinski definition) is 1. The van der Waals surface area contributed by atoms with E-state index in [-0.39, 0.29) is 34.3 Å². The van der Waals surface area contributed by atoms with Gasteiger partial charge in [0.25, 0.3) is 0 Å². The van der Waals surface area contributed by atoms with E-state index in [9.17, 15) is 31.1 Å². The molecule has 0 radical (unpaired) electrons. The number of carbonyl (C=O) groups excluding carboxylic acids is 1. The molecule has 0 saturated carbocycles.